The Balaban J connectivity index is 2.01. The molecule has 1 aromatic rings. The van der Waals surface area contributed by atoms with E-state index in [1.54, 1.807) is 0 Å². The topological polar surface area (TPSA) is 24.5 Å². The summed E-state index contributed by atoms with van der Waals surface area (Å²) in [5.74, 6) is 0.624. The number of hydrogen-bond acceptors (Lipinski definition) is 3. The molecule has 1 N–H and O–H groups in total. The Hall–Kier alpha value is -1.27. The van der Waals surface area contributed by atoms with Gasteiger partial charge in [-0.15, -0.1) is 0 Å². The van der Waals surface area contributed by atoms with E-state index in [4.69, 9.17) is 4.74 Å². The Bertz CT molecular complexity index is 472. The van der Waals surface area contributed by atoms with E-state index in [1.165, 1.54) is 31.9 Å². The lowest BCUT2D eigenvalue weighted by atomic mass is 10.1. The second-order valence-electron chi connectivity index (χ2n) is 5.59. The number of benzene rings is 1. The van der Waals surface area contributed by atoms with Gasteiger partial charge in [0.25, 0.3) is 0 Å². The summed E-state index contributed by atoms with van der Waals surface area (Å²) in [4.78, 5) is 1.25. The monoisotopic (exact) mass is 302 g/mol. The Kier molecular flexibility index (Phi) is 5.11. The van der Waals surface area contributed by atoms with Crippen molar-refractivity contribution in [1.82, 2.24) is 10.2 Å². The average Bonchev–Trinajstić information content (AvgIpc) is 3.18. The van der Waals surface area contributed by atoms with Crippen LogP contribution < -0.4 is 10.1 Å². The van der Waals surface area contributed by atoms with E-state index in [-0.39, 0.29) is 6.54 Å². The van der Waals surface area contributed by atoms with Gasteiger partial charge >= 0.3 is 6.18 Å². The molecule has 0 aliphatic heterocycles. The standard InChI is InChI=1S/C15H21F3N2O/c1-20(10-15(16,17)18)9-12-7-11(3-6-14(12)21-2)8-19-13-4-5-13/h3,6-7,13,19H,4-5,8-10H2,1-2H3. The van der Waals surface area contributed by atoms with Crippen LogP contribution in [0, 0.1) is 0 Å². The number of ether oxygens (including phenoxy) is 1. The highest BCUT2D eigenvalue weighted by atomic mass is 19.4. The van der Waals surface area contributed by atoms with Crippen LogP contribution in [0.3, 0.4) is 0 Å². The minimum absolute atomic E-state index is 0.208. The molecule has 6 heteroatoms. The highest BCUT2D eigenvalue weighted by Crippen LogP contribution is 2.24. The van der Waals surface area contributed by atoms with Crippen LogP contribution in [0.1, 0.15) is 24.0 Å². The first-order valence-corrected chi connectivity index (χ1v) is 7.02. The van der Waals surface area contributed by atoms with Crippen molar-refractivity contribution in [3.05, 3.63) is 29.3 Å². The van der Waals surface area contributed by atoms with Gasteiger partial charge in [0.05, 0.1) is 13.7 Å². The molecule has 0 unspecified atom stereocenters. The molecule has 1 saturated carbocycles. The van der Waals surface area contributed by atoms with E-state index in [2.05, 4.69) is 5.32 Å². The molecule has 1 aliphatic carbocycles. The molecule has 3 nitrogen and oxygen atoms in total. The molecular formula is C15H21F3N2O. The summed E-state index contributed by atoms with van der Waals surface area (Å²) in [6, 6.07) is 6.28. The third-order valence-corrected chi connectivity index (χ3v) is 3.41. The van der Waals surface area contributed by atoms with E-state index in [1.807, 2.05) is 18.2 Å². The molecular weight excluding hydrogens is 281 g/mol. The van der Waals surface area contributed by atoms with Gasteiger partial charge in [-0.2, -0.15) is 13.2 Å². The minimum Gasteiger partial charge on any atom is -0.496 e. The van der Waals surface area contributed by atoms with Crippen molar-refractivity contribution in [2.45, 2.75) is 38.1 Å². The minimum atomic E-state index is -4.19. The molecule has 0 atom stereocenters. The number of alkyl halides is 3. The maximum Gasteiger partial charge on any atom is 0.401 e. The Labute approximate surface area is 123 Å². The zero-order chi connectivity index (χ0) is 15.5. The lowest BCUT2D eigenvalue weighted by Crippen LogP contribution is -2.30. The number of nitrogens with one attached hydrogen (secondary N) is 1. The summed E-state index contributed by atoms with van der Waals surface area (Å²) in [7, 11) is 2.99. The summed E-state index contributed by atoms with van der Waals surface area (Å²) < 4.78 is 42.5. The molecule has 1 aromatic carbocycles. The summed E-state index contributed by atoms with van der Waals surface area (Å²) in [5, 5.41) is 3.39. The van der Waals surface area contributed by atoms with Crippen LogP contribution >= 0.6 is 0 Å². The third kappa shape index (κ3) is 5.55. The lowest BCUT2D eigenvalue weighted by molar-refractivity contribution is -0.144. The van der Waals surface area contributed by atoms with Crippen LogP contribution in [0.25, 0.3) is 0 Å². The van der Waals surface area contributed by atoms with Gasteiger partial charge in [0.15, 0.2) is 0 Å². The fraction of sp³-hybridized carbons (Fsp3) is 0.600. The second-order valence-corrected chi connectivity index (χ2v) is 5.59. The first-order valence-electron chi connectivity index (χ1n) is 7.02. The summed E-state index contributed by atoms with van der Waals surface area (Å²) in [5.41, 5.74) is 1.84. The average molecular weight is 302 g/mol. The molecule has 0 radical (unpaired) electrons. The Morgan fingerprint density at radius 2 is 2.05 bits per heavy atom. The van der Waals surface area contributed by atoms with Crippen molar-refractivity contribution < 1.29 is 17.9 Å². The van der Waals surface area contributed by atoms with Crippen molar-refractivity contribution in [2.24, 2.45) is 0 Å². The van der Waals surface area contributed by atoms with Crippen molar-refractivity contribution in [3.8, 4) is 5.75 Å². The molecule has 0 bridgehead atoms. The highest BCUT2D eigenvalue weighted by molar-refractivity contribution is 5.37. The predicted octanol–water partition coefficient (Wildman–Crippen LogP) is 2.94. The molecule has 1 fully saturated rings. The first kappa shape index (κ1) is 16.1. The summed E-state index contributed by atoms with van der Waals surface area (Å²) in [6.07, 6.45) is -1.78. The fourth-order valence-corrected chi connectivity index (χ4v) is 2.27. The smallest absolute Gasteiger partial charge is 0.401 e. The zero-order valence-electron chi connectivity index (χ0n) is 12.3. The van der Waals surface area contributed by atoms with Crippen molar-refractivity contribution in [3.63, 3.8) is 0 Å². The van der Waals surface area contributed by atoms with Gasteiger partial charge in [0.2, 0.25) is 0 Å². The number of methoxy groups -OCH3 is 1. The number of rotatable bonds is 7. The maximum absolute atomic E-state index is 12.4. The van der Waals surface area contributed by atoms with E-state index < -0.39 is 12.7 Å². The van der Waals surface area contributed by atoms with E-state index in [9.17, 15) is 13.2 Å². The normalized spacial score (nSPS) is 15.5. The van der Waals surface area contributed by atoms with Crippen molar-refractivity contribution in [1.29, 1.82) is 0 Å². The number of halogens is 3. The van der Waals surface area contributed by atoms with Gasteiger partial charge in [-0.3, -0.25) is 4.90 Å². The van der Waals surface area contributed by atoms with Crippen LogP contribution in [0.2, 0.25) is 0 Å². The fourth-order valence-electron chi connectivity index (χ4n) is 2.27. The largest absolute Gasteiger partial charge is 0.496 e. The molecule has 118 valence electrons. The van der Waals surface area contributed by atoms with Crippen molar-refractivity contribution in [2.75, 3.05) is 20.7 Å². The molecule has 1 aliphatic rings. The highest BCUT2D eigenvalue weighted by Gasteiger charge is 2.29. The van der Waals surface area contributed by atoms with Gasteiger partial charge in [0.1, 0.15) is 5.75 Å². The van der Waals surface area contributed by atoms with Gasteiger partial charge in [-0.25, -0.2) is 0 Å². The molecule has 21 heavy (non-hydrogen) atoms. The molecule has 0 aromatic heterocycles. The predicted molar refractivity (Wildman–Crippen MR) is 75.2 cm³/mol. The molecule has 0 amide bonds. The van der Waals surface area contributed by atoms with Gasteiger partial charge in [-0.1, -0.05) is 6.07 Å². The quantitative estimate of drug-likeness (QED) is 0.838. The maximum atomic E-state index is 12.4. The van der Waals surface area contributed by atoms with Gasteiger partial charge < -0.3 is 10.1 Å². The Morgan fingerprint density at radius 3 is 2.62 bits per heavy atom. The molecule has 0 heterocycles. The van der Waals surface area contributed by atoms with Crippen LogP contribution in [-0.4, -0.2) is 37.8 Å². The van der Waals surface area contributed by atoms with Crippen molar-refractivity contribution >= 4 is 0 Å². The number of hydrogen-bond donors (Lipinski definition) is 1. The van der Waals surface area contributed by atoms with E-state index >= 15 is 0 Å². The van der Waals surface area contributed by atoms with Crippen LogP contribution in [-0.2, 0) is 13.1 Å². The van der Waals surface area contributed by atoms with E-state index in [0.717, 1.165) is 17.7 Å². The third-order valence-electron chi connectivity index (χ3n) is 3.41. The first-order chi connectivity index (χ1) is 9.87. The summed E-state index contributed by atoms with van der Waals surface area (Å²) in [6.45, 7) is 0.0192. The Morgan fingerprint density at radius 1 is 1.33 bits per heavy atom. The molecule has 2 rings (SSSR count). The van der Waals surface area contributed by atoms with Crippen LogP contribution in [0.4, 0.5) is 13.2 Å². The summed E-state index contributed by atoms with van der Waals surface area (Å²) >= 11 is 0. The molecule has 0 spiro atoms. The van der Waals surface area contributed by atoms with Gasteiger partial charge in [-0.05, 0) is 37.6 Å². The number of nitrogens with zero attached hydrogens (tertiary/aromatic N) is 1. The van der Waals surface area contributed by atoms with Crippen LogP contribution in [0.15, 0.2) is 18.2 Å². The second kappa shape index (κ2) is 6.66. The molecule has 0 saturated heterocycles. The zero-order valence-corrected chi connectivity index (χ0v) is 12.3. The SMILES string of the molecule is COc1ccc(CNC2CC2)cc1CN(C)CC(F)(F)F. The lowest BCUT2D eigenvalue weighted by Gasteiger charge is -2.20. The van der Waals surface area contributed by atoms with Gasteiger partial charge in [0, 0.05) is 24.7 Å². The van der Waals surface area contributed by atoms with E-state index in [0.29, 0.717) is 11.8 Å². The van der Waals surface area contributed by atoms with Crippen LogP contribution in [0.5, 0.6) is 5.75 Å².